The molecule has 2 aromatic carbocycles. The lowest BCUT2D eigenvalue weighted by Gasteiger charge is -2.09. The van der Waals surface area contributed by atoms with Crippen molar-refractivity contribution < 1.29 is 13.2 Å². The molecular formula is C15H15NO3S. The molecule has 2 rings (SSSR count). The highest BCUT2D eigenvalue weighted by molar-refractivity contribution is 7.92. The zero-order valence-electron chi connectivity index (χ0n) is 11.0. The normalized spacial score (nSPS) is 11.1. The fourth-order valence-electron chi connectivity index (χ4n) is 1.77. The zero-order valence-corrected chi connectivity index (χ0v) is 11.9. The Labute approximate surface area is 118 Å². The monoisotopic (exact) mass is 289 g/mol. The second-order valence-electron chi connectivity index (χ2n) is 4.28. The van der Waals surface area contributed by atoms with E-state index in [9.17, 15) is 13.2 Å². The molecule has 0 fully saturated rings. The minimum Gasteiger partial charge on any atom is -0.294 e. The SMILES string of the molecule is CCC(=O)c1cccc(NS(=O)(=O)c2ccccc2)c1. The summed E-state index contributed by atoms with van der Waals surface area (Å²) < 4.78 is 26.8. The van der Waals surface area contributed by atoms with Crippen LogP contribution in [-0.4, -0.2) is 14.2 Å². The summed E-state index contributed by atoms with van der Waals surface area (Å²) in [6.07, 6.45) is 0.384. The second-order valence-corrected chi connectivity index (χ2v) is 5.96. The van der Waals surface area contributed by atoms with Gasteiger partial charge in [0.05, 0.1) is 4.90 Å². The molecule has 0 heterocycles. The molecule has 20 heavy (non-hydrogen) atoms. The van der Waals surface area contributed by atoms with Crippen LogP contribution in [0.4, 0.5) is 5.69 Å². The van der Waals surface area contributed by atoms with Crippen LogP contribution in [0.15, 0.2) is 59.5 Å². The molecule has 0 saturated heterocycles. The first-order valence-corrected chi connectivity index (χ1v) is 7.72. The van der Waals surface area contributed by atoms with Gasteiger partial charge in [0.1, 0.15) is 0 Å². The molecule has 1 N–H and O–H groups in total. The smallest absolute Gasteiger partial charge is 0.261 e. The molecule has 2 aromatic rings. The molecule has 0 unspecified atom stereocenters. The standard InChI is InChI=1S/C15H15NO3S/c1-2-15(17)12-7-6-8-13(11-12)16-20(18,19)14-9-4-3-5-10-14/h3-11,16H,2H2,1H3. The number of sulfonamides is 1. The molecule has 0 aliphatic heterocycles. The third-order valence-electron chi connectivity index (χ3n) is 2.81. The summed E-state index contributed by atoms with van der Waals surface area (Å²) in [5.41, 5.74) is 0.883. The Hall–Kier alpha value is -2.14. The highest BCUT2D eigenvalue weighted by Gasteiger charge is 2.14. The van der Waals surface area contributed by atoms with E-state index in [1.165, 1.54) is 12.1 Å². The van der Waals surface area contributed by atoms with Crippen molar-refractivity contribution in [3.05, 3.63) is 60.2 Å². The van der Waals surface area contributed by atoms with E-state index in [4.69, 9.17) is 0 Å². The van der Waals surface area contributed by atoms with Crippen LogP contribution in [0.5, 0.6) is 0 Å². The van der Waals surface area contributed by atoms with Crippen LogP contribution in [0.3, 0.4) is 0 Å². The van der Waals surface area contributed by atoms with Crippen LogP contribution in [-0.2, 0) is 10.0 Å². The highest BCUT2D eigenvalue weighted by atomic mass is 32.2. The first-order valence-electron chi connectivity index (χ1n) is 6.24. The van der Waals surface area contributed by atoms with E-state index in [2.05, 4.69) is 4.72 Å². The van der Waals surface area contributed by atoms with Gasteiger partial charge in [0, 0.05) is 17.7 Å². The summed E-state index contributed by atoms with van der Waals surface area (Å²) in [4.78, 5) is 11.8. The largest absolute Gasteiger partial charge is 0.294 e. The number of hydrogen-bond donors (Lipinski definition) is 1. The molecule has 5 heteroatoms. The number of benzene rings is 2. The topological polar surface area (TPSA) is 63.2 Å². The molecule has 0 amide bonds. The quantitative estimate of drug-likeness (QED) is 0.860. The van der Waals surface area contributed by atoms with Crippen molar-refractivity contribution >= 4 is 21.5 Å². The third-order valence-corrected chi connectivity index (χ3v) is 4.21. The van der Waals surface area contributed by atoms with Gasteiger partial charge in [-0.1, -0.05) is 37.3 Å². The van der Waals surface area contributed by atoms with Crippen molar-refractivity contribution in [3.8, 4) is 0 Å². The van der Waals surface area contributed by atoms with Crippen molar-refractivity contribution in [1.82, 2.24) is 0 Å². The van der Waals surface area contributed by atoms with Crippen LogP contribution >= 0.6 is 0 Å². The first-order chi connectivity index (χ1) is 9.53. The van der Waals surface area contributed by atoms with E-state index in [0.717, 1.165) is 0 Å². The predicted octanol–water partition coefficient (Wildman–Crippen LogP) is 3.08. The van der Waals surface area contributed by atoms with E-state index in [0.29, 0.717) is 17.7 Å². The second kappa shape index (κ2) is 5.88. The van der Waals surface area contributed by atoms with Crippen LogP contribution in [0, 0.1) is 0 Å². The van der Waals surface area contributed by atoms with Crippen LogP contribution in [0.25, 0.3) is 0 Å². The number of carbonyl (C=O) groups excluding carboxylic acids is 1. The maximum Gasteiger partial charge on any atom is 0.261 e. The van der Waals surface area contributed by atoms with Gasteiger partial charge in [0.25, 0.3) is 10.0 Å². The van der Waals surface area contributed by atoms with E-state index >= 15 is 0 Å². The van der Waals surface area contributed by atoms with Gasteiger partial charge in [0.15, 0.2) is 5.78 Å². The number of rotatable bonds is 5. The van der Waals surface area contributed by atoms with Gasteiger partial charge in [-0.2, -0.15) is 0 Å². The summed E-state index contributed by atoms with van der Waals surface area (Å²) in [7, 11) is -3.62. The van der Waals surface area contributed by atoms with Gasteiger partial charge in [-0.25, -0.2) is 8.42 Å². The summed E-state index contributed by atoms with van der Waals surface area (Å²) >= 11 is 0. The van der Waals surface area contributed by atoms with Crippen molar-refractivity contribution in [2.45, 2.75) is 18.2 Å². The van der Waals surface area contributed by atoms with Crippen molar-refractivity contribution in [3.63, 3.8) is 0 Å². The molecule has 0 aliphatic rings. The number of Topliss-reactive ketones (excluding diaryl/α,β-unsaturated/α-hetero) is 1. The summed E-state index contributed by atoms with van der Waals surface area (Å²) in [5, 5.41) is 0. The molecule has 0 aliphatic carbocycles. The van der Waals surface area contributed by atoms with Gasteiger partial charge in [0.2, 0.25) is 0 Å². The van der Waals surface area contributed by atoms with Crippen molar-refractivity contribution in [2.75, 3.05) is 4.72 Å². The average Bonchev–Trinajstić information content (AvgIpc) is 2.47. The first kappa shape index (κ1) is 14.3. The Morgan fingerprint density at radius 3 is 2.40 bits per heavy atom. The molecule has 0 atom stereocenters. The van der Waals surface area contributed by atoms with Crippen LogP contribution in [0.1, 0.15) is 23.7 Å². The number of hydrogen-bond acceptors (Lipinski definition) is 3. The summed E-state index contributed by atoms with van der Waals surface area (Å²) in [6.45, 7) is 1.77. The van der Waals surface area contributed by atoms with Crippen LogP contribution < -0.4 is 4.72 Å². The molecule has 0 aromatic heterocycles. The van der Waals surface area contributed by atoms with Gasteiger partial charge >= 0.3 is 0 Å². The fraction of sp³-hybridized carbons (Fsp3) is 0.133. The Morgan fingerprint density at radius 1 is 1.05 bits per heavy atom. The number of anilines is 1. The van der Waals surface area contributed by atoms with E-state index in [1.54, 1.807) is 49.4 Å². The maximum atomic E-state index is 12.2. The van der Waals surface area contributed by atoms with Gasteiger partial charge in [-0.3, -0.25) is 9.52 Å². The van der Waals surface area contributed by atoms with E-state index < -0.39 is 10.0 Å². The van der Waals surface area contributed by atoms with Gasteiger partial charge in [-0.15, -0.1) is 0 Å². The molecule has 4 nitrogen and oxygen atoms in total. The minimum absolute atomic E-state index is 0.0224. The fourth-order valence-corrected chi connectivity index (χ4v) is 2.84. The highest BCUT2D eigenvalue weighted by Crippen LogP contribution is 2.17. The third kappa shape index (κ3) is 3.24. The molecule has 0 bridgehead atoms. The molecule has 104 valence electrons. The summed E-state index contributed by atoms with van der Waals surface area (Å²) in [6, 6.07) is 14.6. The van der Waals surface area contributed by atoms with Crippen LogP contribution in [0.2, 0.25) is 0 Å². The van der Waals surface area contributed by atoms with Crippen molar-refractivity contribution in [2.24, 2.45) is 0 Å². The summed E-state index contributed by atoms with van der Waals surface area (Å²) in [5.74, 6) is -0.0224. The predicted molar refractivity (Wildman–Crippen MR) is 78.3 cm³/mol. The van der Waals surface area contributed by atoms with Gasteiger partial charge in [-0.05, 0) is 24.3 Å². The number of carbonyl (C=O) groups is 1. The zero-order chi connectivity index (χ0) is 14.6. The lowest BCUT2D eigenvalue weighted by Crippen LogP contribution is -2.13. The van der Waals surface area contributed by atoms with E-state index in [1.807, 2.05) is 0 Å². The lowest BCUT2D eigenvalue weighted by atomic mass is 10.1. The Kier molecular flexibility index (Phi) is 4.20. The van der Waals surface area contributed by atoms with Crippen molar-refractivity contribution in [1.29, 1.82) is 0 Å². The van der Waals surface area contributed by atoms with Gasteiger partial charge < -0.3 is 0 Å². The molecule has 0 radical (unpaired) electrons. The maximum absolute atomic E-state index is 12.2. The van der Waals surface area contributed by atoms with E-state index in [-0.39, 0.29) is 10.7 Å². The molecule has 0 spiro atoms. The lowest BCUT2D eigenvalue weighted by molar-refractivity contribution is 0.0988. The number of ketones is 1. The average molecular weight is 289 g/mol. The Bertz CT molecular complexity index is 709. The minimum atomic E-state index is -3.62. The molecular weight excluding hydrogens is 274 g/mol. The number of nitrogens with one attached hydrogen (secondary N) is 1. The Balaban J connectivity index is 2.29. The molecule has 0 saturated carbocycles. The Morgan fingerprint density at radius 2 is 1.75 bits per heavy atom.